The van der Waals surface area contributed by atoms with Crippen molar-refractivity contribution in [1.82, 2.24) is 15.0 Å². The molecule has 0 amide bonds. The SMILES string of the molecule is C1=Nc2c1cc(-c1nc(-c3ccc4ccccc4c3)nc(-c3ccc4ccccc4c3)n1)c1c2ccc2ccccc21. The molecule has 0 radical (unpaired) electrons. The van der Waals surface area contributed by atoms with Crippen molar-refractivity contribution >= 4 is 55.0 Å². The summed E-state index contributed by atoms with van der Waals surface area (Å²) < 4.78 is 0. The third kappa shape index (κ3) is 3.55. The maximum atomic E-state index is 5.15. The summed E-state index contributed by atoms with van der Waals surface area (Å²) in [5.74, 6) is 1.96. The van der Waals surface area contributed by atoms with E-state index in [-0.39, 0.29) is 0 Å². The van der Waals surface area contributed by atoms with Crippen LogP contribution in [-0.4, -0.2) is 21.2 Å². The molecule has 194 valence electrons. The Morgan fingerprint density at radius 2 is 0.952 bits per heavy atom. The number of rotatable bonds is 3. The van der Waals surface area contributed by atoms with Crippen LogP contribution in [-0.2, 0) is 0 Å². The van der Waals surface area contributed by atoms with Gasteiger partial charge in [-0.25, -0.2) is 15.0 Å². The van der Waals surface area contributed by atoms with Gasteiger partial charge in [-0.2, -0.15) is 0 Å². The van der Waals surface area contributed by atoms with Gasteiger partial charge >= 0.3 is 0 Å². The number of hydrogen-bond acceptors (Lipinski definition) is 4. The summed E-state index contributed by atoms with van der Waals surface area (Å²) in [6.45, 7) is 0. The zero-order chi connectivity index (χ0) is 27.6. The lowest BCUT2D eigenvalue weighted by Crippen LogP contribution is -2.03. The minimum Gasteiger partial charge on any atom is -0.255 e. The van der Waals surface area contributed by atoms with Gasteiger partial charge in [-0.05, 0) is 50.5 Å². The van der Waals surface area contributed by atoms with E-state index in [0.29, 0.717) is 17.5 Å². The van der Waals surface area contributed by atoms with Crippen LogP contribution in [0.25, 0.3) is 77.3 Å². The van der Waals surface area contributed by atoms with Crippen molar-refractivity contribution in [3.63, 3.8) is 0 Å². The highest BCUT2D eigenvalue weighted by Gasteiger charge is 2.21. The fourth-order valence-corrected chi connectivity index (χ4v) is 6.11. The predicted octanol–water partition coefficient (Wildman–Crippen LogP) is 9.55. The minimum absolute atomic E-state index is 0.652. The third-order valence-corrected chi connectivity index (χ3v) is 8.25. The van der Waals surface area contributed by atoms with Crippen LogP contribution in [0.15, 0.2) is 132 Å². The van der Waals surface area contributed by atoms with Crippen molar-refractivity contribution in [2.24, 2.45) is 4.99 Å². The Labute approximate surface area is 241 Å². The molecule has 0 bridgehead atoms. The molecule has 9 rings (SSSR count). The molecule has 2 heterocycles. The highest BCUT2D eigenvalue weighted by molar-refractivity contribution is 6.21. The van der Waals surface area contributed by atoms with Gasteiger partial charge in [-0.3, -0.25) is 4.99 Å². The molecule has 8 aromatic rings. The van der Waals surface area contributed by atoms with Gasteiger partial charge in [-0.1, -0.05) is 109 Å². The van der Waals surface area contributed by atoms with Gasteiger partial charge in [0.25, 0.3) is 0 Å². The molecule has 1 aliphatic heterocycles. The van der Waals surface area contributed by atoms with Gasteiger partial charge in [0.1, 0.15) is 0 Å². The van der Waals surface area contributed by atoms with Crippen LogP contribution >= 0.6 is 0 Å². The maximum absolute atomic E-state index is 5.15. The molecule has 0 N–H and O–H groups in total. The summed E-state index contributed by atoms with van der Waals surface area (Å²) >= 11 is 0. The van der Waals surface area contributed by atoms with E-state index in [9.17, 15) is 0 Å². The Hall–Kier alpha value is -5.74. The number of benzene rings is 7. The predicted molar refractivity (Wildman–Crippen MR) is 173 cm³/mol. The quantitative estimate of drug-likeness (QED) is 0.212. The van der Waals surface area contributed by atoms with Gasteiger partial charge in [0, 0.05) is 39.2 Å². The van der Waals surface area contributed by atoms with Crippen LogP contribution in [0.4, 0.5) is 5.69 Å². The first-order valence-corrected chi connectivity index (χ1v) is 14.1. The molecule has 0 aliphatic carbocycles. The van der Waals surface area contributed by atoms with E-state index in [0.717, 1.165) is 54.9 Å². The Bertz CT molecular complexity index is 2330. The molecule has 0 spiro atoms. The Morgan fingerprint density at radius 3 is 1.57 bits per heavy atom. The molecule has 7 aromatic carbocycles. The lowest BCUT2D eigenvalue weighted by molar-refractivity contribution is 1.08. The van der Waals surface area contributed by atoms with Crippen LogP contribution < -0.4 is 0 Å². The average molecular weight is 535 g/mol. The van der Waals surface area contributed by atoms with Crippen LogP contribution in [0, 0.1) is 0 Å². The van der Waals surface area contributed by atoms with E-state index >= 15 is 0 Å². The summed E-state index contributed by atoms with van der Waals surface area (Å²) in [6.07, 6.45) is 1.92. The van der Waals surface area contributed by atoms with E-state index in [1.807, 2.05) is 6.21 Å². The molecule has 0 saturated carbocycles. The van der Waals surface area contributed by atoms with Crippen LogP contribution in [0.5, 0.6) is 0 Å². The van der Waals surface area contributed by atoms with Crippen molar-refractivity contribution in [3.8, 4) is 34.2 Å². The van der Waals surface area contributed by atoms with Gasteiger partial charge in [-0.15, -0.1) is 0 Å². The molecule has 0 fully saturated rings. The summed E-state index contributed by atoms with van der Waals surface area (Å²) in [5.41, 5.74) is 5.03. The number of aromatic nitrogens is 3. The lowest BCUT2D eigenvalue weighted by Gasteiger charge is -2.18. The van der Waals surface area contributed by atoms with Crippen molar-refractivity contribution in [3.05, 3.63) is 133 Å². The Balaban J connectivity index is 1.35. The highest BCUT2D eigenvalue weighted by Crippen LogP contribution is 2.43. The van der Waals surface area contributed by atoms with Crippen LogP contribution in [0.2, 0.25) is 0 Å². The lowest BCUT2D eigenvalue weighted by atomic mass is 9.92. The number of hydrogen-bond donors (Lipinski definition) is 0. The Morgan fingerprint density at radius 1 is 0.405 bits per heavy atom. The van der Waals surface area contributed by atoms with Gasteiger partial charge in [0.2, 0.25) is 0 Å². The maximum Gasteiger partial charge on any atom is 0.164 e. The molecular formula is C38H22N4. The topological polar surface area (TPSA) is 51.0 Å². The van der Waals surface area contributed by atoms with E-state index in [1.165, 1.54) is 16.2 Å². The molecule has 0 unspecified atom stereocenters. The molecule has 4 nitrogen and oxygen atoms in total. The fourth-order valence-electron chi connectivity index (χ4n) is 6.11. The molecule has 1 aliphatic rings. The smallest absolute Gasteiger partial charge is 0.164 e. The third-order valence-electron chi connectivity index (χ3n) is 8.25. The first kappa shape index (κ1) is 23.0. The summed E-state index contributed by atoms with van der Waals surface area (Å²) in [7, 11) is 0. The first-order chi connectivity index (χ1) is 20.8. The average Bonchev–Trinajstić information content (AvgIpc) is 3.04. The Kier molecular flexibility index (Phi) is 4.87. The normalized spacial score (nSPS) is 12.2. The molecule has 4 heteroatoms. The van der Waals surface area contributed by atoms with Gasteiger partial charge < -0.3 is 0 Å². The summed E-state index contributed by atoms with van der Waals surface area (Å²) in [6, 6.07) is 44.5. The second-order valence-corrected chi connectivity index (χ2v) is 10.8. The largest absolute Gasteiger partial charge is 0.255 e. The van der Waals surface area contributed by atoms with E-state index in [1.54, 1.807) is 0 Å². The van der Waals surface area contributed by atoms with E-state index in [4.69, 9.17) is 15.0 Å². The minimum atomic E-state index is 0.652. The first-order valence-electron chi connectivity index (χ1n) is 14.1. The standard InChI is InChI=1S/C38H22N4/c1-3-10-26-19-28(15-13-23(26)7-1)36-40-37(29-16-14-24-8-2-4-11-27(24)20-29)42-38(41-36)33-21-30-22-39-35(30)32-18-17-25-9-5-6-12-31(25)34(32)33/h1-22H. The second kappa shape index (κ2) is 8.88. The van der Waals surface area contributed by atoms with Crippen molar-refractivity contribution < 1.29 is 0 Å². The molecule has 0 saturated heterocycles. The number of nitrogens with zero attached hydrogens (tertiary/aromatic N) is 4. The van der Waals surface area contributed by atoms with Gasteiger partial charge in [0.15, 0.2) is 17.5 Å². The number of fused-ring (bicyclic) bond motifs is 7. The summed E-state index contributed by atoms with van der Waals surface area (Å²) in [4.78, 5) is 20.0. The van der Waals surface area contributed by atoms with Crippen molar-refractivity contribution in [2.75, 3.05) is 0 Å². The van der Waals surface area contributed by atoms with Crippen molar-refractivity contribution in [2.45, 2.75) is 0 Å². The van der Waals surface area contributed by atoms with E-state index < -0.39 is 0 Å². The molecule has 42 heavy (non-hydrogen) atoms. The zero-order valence-corrected chi connectivity index (χ0v) is 22.5. The van der Waals surface area contributed by atoms with Crippen LogP contribution in [0.1, 0.15) is 5.56 Å². The van der Waals surface area contributed by atoms with Crippen molar-refractivity contribution in [1.29, 1.82) is 0 Å². The van der Waals surface area contributed by atoms with Gasteiger partial charge in [0.05, 0.1) is 5.69 Å². The van der Waals surface area contributed by atoms with Crippen LogP contribution in [0.3, 0.4) is 0 Å². The fraction of sp³-hybridized carbons (Fsp3) is 0. The zero-order valence-electron chi connectivity index (χ0n) is 22.5. The highest BCUT2D eigenvalue weighted by atomic mass is 15.0. The number of aliphatic imine (C=N–C) groups is 1. The molecular weight excluding hydrogens is 512 g/mol. The monoisotopic (exact) mass is 534 g/mol. The summed E-state index contributed by atoms with van der Waals surface area (Å²) in [5, 5.41) is 9.24. The second-order valence-electron chi connectivity index (χ2n) is 10.8. The van der Waals surface area contributed by atoms with E-state index in [2.05, 4.69) is 132 Å². The molecule has 0 atom stereocenters. The molecule has 1 aromatic heterocycles.